The molecular weight excluding hydrogens is 278 g/mol. The van der Waals surface area contributed by atoms with Crippen molar-refractivity contribution in [3.8, 4) is 0 Å². The first-order chi connectivity index (χ1) is 10.8. The summed E-state index contributed by atoms with van der Waals surface area (Å²) >= 11 is 0. The van der Waals surface area contributed by atoms with E-state index in [2.05, 4.69) is 6.08 Å². The zero-order valence-electron chi connectivity index (χ0n) is 13.0. The van der Waals surface area contributed by atoms with Crippen molar-refractivity contribution in [1.82, 2.24) is 4.90 Å². The van der Waals surface area contributed by atoms with Gasteiger partial charge in [0.2, 0.25) is 5.91 Å². The van der Waals surface area contributed by atoms with Crippen molar-refractivity contribution in [2.75, 3.05) is 6.54 Å². The molecule has 1 fully saturated rings. The number of carbonyl (C=O) groups excluding carboxylic acids is 1. The maximum atomic E-state index is 12.8. The molecule has 0 aromatic carbocycles. The van der Waals surface area contributed by atoms with Gasteiger partial charge in [-0.05, 0) is 44.2 Å². The average Bonchev–Trinajstić information content (AvgIpc) is 3.18. The van der Waals surface area contributed by atoms with E-state index in [0.29, 0.717) is 12.2 Å². The van der Waals surface area contributed by atoms with Gasteiger partial charge in [0.15, 0.2) is 0 Å². The third-order valence-electron chi connectivity index (χ3n) is 4.82. The fourth-order valence-electron chi connectivity index (χ4n) is 3.59. The highest BCUT2D eigenvalue weighted by molar-refractivity contribution is 5.94. The van der Waals surface area contributed by atoms with E-state index in [9.17, 15) is 9.90 Å². The summed E-state index contributed by atoms with van der Waals surface area (Å²) in [5.74, 6) is 0.785. The van der Waals surface area contributed by atoms with Gasteiger partial charge in [0.25, 0.3) is 0 Å². The zero-order chi connectivity index (χ0) is 15.4. The number of allylic oxidation sites excluding steroid dienone is 1. The number of hydrogen-bond donors (Lipinski definition) is 1. The Bertz CT molecular complexity index is 520. The fourth-order valence-corrected chi connectivity index (χ4v) is 3.59. The molecule has 0 bridgehead atoms. The van der Waals surface area contributed by atoms with Gasteiger partial charge in [0, 0.05) is 24.6 Å². The summed E-state index contributed by atoms with van der Waals surface area (Å²) in [6, 6.07) is 3.70. The van der Waals surface area contributed by atoms with Crippen molar-refractivity contribution < 1.29 is 14.3 Å². The molecule has 4 heteroatoms. The Morgan fingerprint density at radius 1 is 1.36 bits per heavy atom. The monoisotopic (exact) mass is 303 g/mol. The van der Waals surface area contributed by atoms with Gasteiger partial charge in [-0.15, -0.1) is 0 Å². The number of furan rings is 1. The number of carbonyl (C=O) groups is 1. The third-order valence-corrected chi connectivity index (χ3v) is 4.82. The van der Waals surface area contributed by atoms with Crippen LogP contribution in [0.2, 0.25) is 0 Å². The highest BCUT2D eigenvalue weighted by Gasteiger charge is 2.30. The van der Waals surface area contributed by atoms with Crippen LogP contribution in [0, 0.1) is 0 Å². The van der Waals surface area contributed by atoms with E-state index in [-0.39, 0.29) is 11.9 Å². The number of likely N-dealkylation sites (tertiary alicyclic amines) is 1. The lowest BCUT2D eigenvalue weighted by atomic mass is 10.0. The van der Waals surface area contributed by atoms with Crippen LogP contribution < -0.4 is 0 Å². The lowest BCUT2D eigenvalue weighted by Gasteiger charge is -2.31. The van der Waals surface area contributed by atoms with E-state index in [1.165, 1.54) is 0 Å². The number of aliphatic hydroxyl groups excluding tert-OH is 1. The third kappa shape index (κ3) is 3.43. The highest BCUT2D eigenvalue weighted by atomic mass is 16.4. The molecule has 120 valence electrons. The molecule has 2 unspecified atom stereocenters. The fraction of sp³-hybridized carbons (Fsp3) is 0.611. The van der Waals surface area contributed by atoms with Crippen molar-refractivity contribution in [3.05, 3.63) is 35.8 Å². The molecule has 1 aliphatic heterocycles. The van der Waals surface area contributed by atoms with E-state index in [1.54, 1.807) is 18.4 Å². The molecule has 3 rings (SSSR count). The molecule has 0 spiro atoms. The van der Waals surface area contributed by atoms with Crippen LogP contribution in [0.1, 0.15) is 63.2 Å². The largest absolute Gasteiger partial charge is 0.467 e. The van der Waals surface area contributed by atoms with Crippen molar-refractivity contribution in [1.29, 1.82) is 0 Å². The first kappa shape index (κ1) is 15.3. The molecule has 0 saturated carbocycles. The van der Waals surface area contributed by atoms with E-state index in [1.807, 2.05) is 4.90 Å². The molecular formula is C18H25NO3. The number of aliphatic hydroxyl groups is 1. The summed E-state index contributed by atoms with van der Waals surface area (Å²) in [4.78, 5) is 14.8. The van der Waals surface area contributed by atoms with Gasteiger partial charge in [-0.1, -0.05) is 18.9 Å². The van der Waals surface area contributed by atoms with E-state index in [4.69, 9.17) is 4.42 Å². The van der Waals surface area contributed by atoms with Crippen LogP contribution in [0.5, 0.6) is 0 Å². The van der Waals surface area contributed by atoms with Gasteiger partial charge in [-0.2, -0.15) is 0 Å². The SMILES string of the molecule is O=C(C1=CCCC1)N1CCCCCC1CC(O)c1ccco1. The minimum atomic E-state index is -0.633. The molecule has 1 N–H and O–H groups in total. The van der Waals surface area contributed by atoms with Crippen molar-refractivity contribution >= 4 is 5.91 Å². The van der Waals surface area contributed by atoms with Gasteiger partial charge < -0.3 is 14.4 Å². The maximum Gasteiger partial charge on any atom is 0.249 e. The summed E-state index contributed by atoms with van der Waals surface area (Å²) in [7, 11) is 0. The molecule has 0 radical (unpaired) electrons. The van der Waals surface area contributed by atoms with Crippen LogP contribution in [-0.4, -0.2) is 28.5 Å². The number of hydrogen-bond acceptors (Lipinski definition) is 3. The van der Waals surface area contributed by atoms with Crippen LogP contribution in [0.15, 0.2) is 34.5 Å². The predicted octanol–water partition coefficient (Wildman–Crippen LogP) is 3.58. The van der Waals surface area contributed by atoms with Crippen molar-refractivity contribution in [2.45, 2.75) is 63.5 Å². The second-order valence-corrected chi connectivity index (χ2v) is 6.39. The zero-order valence-corrected chi connectivity index (χ0v) is 13.0. The van der Waals surface area contributed by atoms with Crippen LogP contribution >= 0.6 is 0 Å². The standard InChI is InChI=1S/C18H25NO3/c20-16(17-10-6-12-22-17)13-15-9-2-1-5-11-19(15)18(21)14-7-3-4-8-14/h6-7,10,12,15-16,20H,1-5,8-9,11,13H2. The van der Waals surface area contributed by atoms with Crippen LogP contribution in [0.25, 0.3) is 0 Å². The molecule has 1 amide bonds. The Labute approximate surface area is 131 Å². The molecule has 1 aliphatic carbocycles. The molecule has 1 aromatic rings. The summed E-state index contributed by atoms with van der Waals surface area (Å²) in [6.07, 6.45) is 10.9. The summed E-state index contributed by atoms with van der Waals surface area (Å²) < 4.78 is 5.30. The lowest BCUT2D eigenvalue weighted by molar-refractivity contribution is -0.130. The smallest absolute Gasteiger partial charge is 0.249 e. The lowest BCUT2D eigenvalue weighted by Crippen LogP contribution is -2.41. The molecule has 1 saturated heterocycles. The summed E-state index contributed by atoms with van der Waals surface area (Å²) in [5, 5.41) is 10.4. The molecule has 4 nitrogen and oxygen atoms in total. The van der Waals surface area contributed by atoms with Gasteiger partial charge in [-0.3, -0.25) is 4.79 Å². The summed E-state index contributed by atoms with van der Waals surface area (Å²) in [5.41, 5.74) is 0.972. The number of rotatable bonds is 4. The van der Waals surface area contributed by atoms with E-state index >= 15 is 0 Å². The topological polar surface area (TPSA) is 53.7 Å². The van der Waals surface area contributed by atoms with Gasteiger partial charge in [0.1, 0.15) is 11.9 Å². The maximum absolute atomic E-state index is 12.8. The molecule has 1 aromatic heterocycles. The minimum absolute atomic E-state index is 0.108. The Kier molecular flexibility index (Phi) is 4.98. The molecule has 2 aliphatic rings. The Morgan fingerprint density at radius 3 is 3.00 bits per heavy atom. The average molecular weight is 303 g/mol. The normalized spacial score (nSPS) is 24.0. The highest BCUT2D eigenvalue weighted by Crippen LogP contribution is 2.29. The summed E-state index contributed by atoms with van der Waals surface area (Å²) in [6.45, 7) is 0.811. The Hall–Kier alpha value is -1.55. The van der Waals surface area contributed by atoms with Crippen LogP contribution in [0.4, 0.5) is 0 Å². The van der Waals surface area contributed by atoms with Crippen LogP contribution in [0.3, 0.4) is 0 Å². The second-order valence-electron chi connectivity index (χ2n) is 6.39. The molecule has 22 heavy (non-hydrogen) atoms. The Morgan fingerprint density at radius 2 is 2.27 bits per heavy atom. The van der Waals surface area contributed by atoms with Crippen molar-refractivity contribution in [2.24, 2.45) is 0 Å². The quantitative estimate of drug-likeness (QED) is 0.925. The predicted molar refractivity (Wildman–Crippen MR) is 84.2 cm³/mol. The minimum Gasteiger partial charge on any atom is -0.467 e. The van der Waals surface area contributed by atoms with Crippen molar-refractivity contribution in [3.63, 3.8) is 0 Å². The van der Waals surface area contributed by atoms with E-state index in [0.717, 1.165) is 57.1 Å². The molecule has 2 heterocycles. The van der Waals surface area contributed by atoms with E-state index < -0.39 is 6.10 Å². The Balaban J connectivity index is 1.71. The van der Waals surface area contributed by atoms with Gasteiger partial charge >= 0.3 is 0 Å². The van der Waals surface area contributed by atoms with Crippen LogP contribution in [-0.2, 0) is 4.79 Å². The van der Waals surface area contributed by atoms with Gasteiger partial charge in [-0.25, -0.2) is 0 Å². The molecule has 2 atom stereocenters. The number of amides is 1. The first-order valence-corrected chi connectivity index (χ1v) is 8.47. The second kappa shape index (κ2) is 7.14. The first-order valence-electron chi connectivity index (χ1n) is 8.47. The van der Waals surface area contributed by atoms with Gasteiger partial charge in [0.05, 0.1) is 6.26 Å². The number of nitrogens with zero attached hydrogens (tertiary/aromatic N) is 1.